The highest BCUT2D eigenvalue weighted by atomic mass is 35.5. The maximum absolute atomic E-state index is 6.16. The lowest BCUT2D eigenvalue weighted by Gasteiger charge is -2.11. The van der Waals surface area contributed by atoms with Crippen molar-refractivity contribution in [1.82, 2.24) is 15.1 Å². The number of aryl methyl sites for hydroxylation is 1. The second kappa shape index (κ2) is 5.58. The van der Waals surface area contributed by atoms with Crippen LogP contribution in [-0.2, 0) is 13.1 Å². The summed E-state index contributed by atoms with van der Waals surface area (Å²) in [5.41, 5.74) is 4.90. The van der Waals surface area contributed by atoms with Gasteiger partial charge in [-0.1, -0.05) is 17.7 Å². The minimum absolute atomic E-state index is 0.696. The van der Waals surface area contributed by atoms with Crippen LogP contribution in [0.5, 0.6) is 0 Å². The van der Waals surface area contributed by atoms with Gasteiger partial charge in [0.1, 0.15) is 0 Å². The van der Waals surface area contributed by atoms with E-state index >= 15 is 0 Å². The molecule has 1 aliphatic carbocycles. The van der Waals surface area contributed by atoms with Gasteiger partial charge < -0.3 is 5.32 Å². The van der Waals surface area contributed by atoms with Crippen molar-refractivity contribution in [1.29, 1.82) is 0 Å². The zero-order chi connectivity index (χ0) is 14.1. The Labute approximate surface area is 124 Å². The Morgan fingerprint density at radius 2 is 2.15 bits per heavy atom. The van der Waals surface area contributed by atoms with Crippen molar-refractivity contribution in [2.24, 2.45) is 0 Å². The molecule has 0 unspecified atom stereocenters. The van der Waals surface area contributed by atoms with Crippen molar-refractivity contribution in [2.45, 2.75) is 45.8 Å². The second-order valence-electron chi connectivity index (χ2n) is 5.42. The van der Waals surface area contributed by atoms with Gasteiger partial charge >= 0.3 is 0 Å². The summed E-state index contributed by atoms with van der Waals surface area (Å²) in [6, 6.07) is 6.83. The average molecular weight is 290 g/mol. The highest BCUT2D eigenvalue weighted by Crippen LogP contribution is 2.30. The molecule has 1 aromatic carbocycles. The number of halogens is 1. The third-order valence-corrected chi connectivity index (χ3v) is 4.15. The van der Waals surface area contributed by atoms with Crippen LogP contribution in [0.15, 0.2) is 24.4 Å². The minimum Gasteiger partial charge on any atom is -0.310 e. The predicted molar refractivity (Wildman–Crippen MR) is 82.9 cm³/mol. The average Bonchev–Trinajstić information content (AvgIpc) is 3.20. The molecule has 0 bridgehead atoms. The molecule has 1 saturated carbocycles. The quantitative estimate of drug-likeness (QED) is 0.908. The van der Waals surface area contributed by atoms with E-state index in [9.17, 15) is 0 Å². The van der Waals surface area contributed by atoms with Crippen molar-refractivity contribution in [3.8, 4) is 11.1 Å². The van der Waals surface area contributed by atoms with Crippen molar-refractivity contribution >= 4 is 11.6 Å². The maximum Gasteiger partial charge on any atom is 0.0571 e. The Bertz CT molecular complexity index is 614. The summed E-state index contributed by atoms with van der Waals surface area (Å²) in [5, 5.41) is 8.80. The molecule has 3 nitrogen and oxygen atoms in total. The van der Waals surface area contributed by atoms with E-state index < -0.39 is 0 Å². The molecule has 0 atom stereocenters. The molecule has 1 fully saturated rings. The Morgan fingerprint density at radius 1 is 1.35 bits per heavy atom. The van der Waals surface area contributed by atoms with Gasteiger partial charge in [-0.3, -0.25) is 4.68 Å². The van der Waals surface area contributed by atoms with Crippen molar-refractivity contribution in [3.05, 3.63) is 40.7 Å². The zero-order valence-electron chi connectivity index (χ0n) is 12.0. The predicted octanol–water partition coefficient (Wildman–Crippen LogP) is 3.78. The van der Waals surface area contributed by atoms with Gasteiger partial charge in [0.25, 0.3) is 0 Å². The Hall–Kier alpha value is -1.32. The molecule has 1 N–H and O–H groups in total. The highest BCUT2D eigenvalue weighted by Gasteiger charge is 2.21. The number of rotatable bonds is 5. The number of nitrogens with one attached hydrogen (secondary N) is 1. The van der Waals surface area contributed by atoms with E-state index in [2.05, 4.69) is 36.4 Å². The zero-order valence-corrected chi connectivity index (χ0v) is 12.7. The largest absolute Gasteiger partial charge is 0.310 e. The fourth-order valence-electron chi connectivity index (χ4n) is 2.54. The van der Waals surface area contributed by atoms with Crippen LogP contribution in [0.1, 0.15) is 31.0 Å². The van der Waals surface area contributed by atoms with Crippen molar-refractivity contribution in [2.75, 3.05) is 0 Å². The fraction of sp³-hybridized carbons (Fsp3) is 0.438. The molecular formula is C16H20ClN3. The van der Waals surface area contributed by atoms with Gasteiger partial charge in [0, 0.05) is 35.4 Å². The second-order valence-corrected chi connectivity index (χ2v) is 5.85. The van der Waals surface area contributed by atoms with E-state index in [0.717, 1.165) is 18.1 Å². The molecule has 1 heterocycles. The highest BCUT2D eigenvalue weighted by molar-refractivity contribution is 6.30. The van der Waals surface area contributed by atoms with Crippen LogP contribution in [0.4, 0.5) is 0 Å². The van der Waals surface area contributed by atoms with E-state index in [1.807, 2.05) is 16.9 Å². The molecule has 1 aliphatic rings. The lowest BCUT2D eigenvalue weighted by Crippen LogP contribution is -2.16. The van der Waals surface area contributed by atoms with E-state index in [4.69, 9.17) is 11.6 Å². The van der Waals surface area contributed by atoms with Crippen molar-refractivity contribution < 1.29 is 0 Å². The third-order valence-electron chi connectivity index (χ3n) is 3.92. The van der Waals surface area contributed by atoms with Gasteiger partial charge in [-0.2, -0.15) is 5.10 Å². The summed E-state index contributed by atoms with van der Waals surface area (Å²) in [7, 11) is 0. The standard InChI is InChI=1S/C16H20ClN3/c1-3-20-11(2)16(10-19-20)15-7-4-13(17)8-12(15)9-18-14-5-6-14/h4,7-8,10,14,18H,3,5-6,9H2,1-2H3. The molecule has 1 aromatic heterocycles. The number of hydrogen-bond donors (Lipinski definition) is 1. The fourth-order valence-corrected chi connectivity index (χ4v) is 2.74. The Kier molecular flexibility index (Phi) is 3.81. The van der Waals surface area contributed by atoms with Gasteiger partial charge in [-0.15, -0.1) is 0 Å². The van der Waals surface area contributed by atoms with Crippen LogP contribution in [0.25, 0.3) is 11.1 Å². The van der Waals surface area contributed by atoms with E-state index in [1.165, 1.54) is 35.2 Å². The van der Waals surface area contributed by atoms with Gasteiger partial charge in [0.15, 0.2) is 0 Å². The third kappa shape index (κ3) is 2.74. The SMILES string of the molecule is CCn1ncc(-c2ccc(Cl)cc2CNC2CC2)c1C. The van der Waals surface area contributed by atoms with Crippen LogP contribution in [0.3, 0.4) is 0 Å². The summed E-state index contributed by atoms with van der Waals surface area (Å²) in [5.74, 6) is 0. The molecule has 0 spiro atoms. The first-order valence-electron chi connectivity index (χ1n) is 7.23. The monoisotopic (exact) mass is 289 g/mol. The van der Waals surface area contributed by atoms with Gasteiger partial charge in [-0.25, -0.2) is 0 Å². The van der Waals surface area contributed by atoms with Crippen LogP contribution in [0.2, 0.25) is 5.02 Å². The first-order chi connectivity index (χ1) is 9.69. The van der Waals surface area contributed by atoms with Gasteiger partial charge in [-0.05, 0) is 49.9 Å². The van der Waals surface area contributed by atoms with Crippen LogP contribution >= 0.6 is 11.6 Å². The molecule has 0 saturated heterocycles. The molecule has 106 valence electrons. The first-order valence-corrected chi connectivity index (χ1v) is 7.61. The molecule has 4 heteroatoms. The molecule has 3 rings (SSSR count). The summed E-state index contributed by atoms with van der Waals surface area (Å²) in [4.78, 5) is 0. The lowest BCUT2D eigenvalue weighted by atomic mass is 10.0. The summed E-state index contributed by atoms with van der Waals surface area (Å²) < 4.78 is 2.03. The molecule has 2 aromatic rings. The smallest absolute Gasteiger partial charge is 0.0571 e. The topological polar surface area (TPSA) is 29.9 Å². The van der Waals surface area contributed by atoms with E-state index in [-0.39, 0.29) is 0 Å². The van der Waals surface area contributed by atoms with Crippen LogP contribution < -0.4 is 5.32 Å². The maximum atomic E-state index is 6.16. The lowest BCUT2D eigenvalue weighted by molar-refractivity contribution is 0.640. The molecule has 20 heavy (non-hydrogen) atoms. The Morgan fingerprint density at radius 3 is 2.80 bits per heavy atom. The number of benzene rings is 1. The normalized spacial score (nSPS) is 14.8. The Balaban J connectivity index is 1.95. The minimum atomic E-state index is 0.696. The van der Waals surface area contributed by atoms with Crippen molar-refractivity contribution in [3.63, 3.8) is 0 Å². The summed E-state index contributed by atoms with van der Waals surface area (Å²) in [6.45, 7) is 6.01. The van der Waals surface area contributed by atoms with Gasteiger partial charge in [0.05, 0.1) is 6.20 Å². The number of aromatic nitrogens is 2. The van der Waals surface area contributed by atoms with Crippen LogP contribution in [0, 0.1) is 6.92 Å². The molecule has 0 radical (unpaired) electrons. The van der Waals surface area contributed by atoms with E-state index in [0.29, 0.717) is 6.04 Å². The first kappa shape index (κ1) is 13.7. The number of nitrogens with zero attached hydrogens (tertiary/aromatic N) is 2. The molecule has 0 aliphatic heterocycles. The summed E-state index contributed by atoms with van der Waals surface area (Å²) in [6.07, 6.45) is 4.55. The van der Waals surface area contributed by atoms with E-state index in [1.54, 1.807) is 0 Å². The number of hydrogen-bond acceptors (Lipinski definition) is 2. The summed E-state index contributed by atoms with van der Waals surface area (Å²) >= 11 is 6.16. The van der Waals surface area contributed by atoms with Crippen LogP contribution in [-0.4, -0.2) is 15.8 Å². The molecule has 0 amide bonds. The molecular weight excluding hydrogens is 270 g/mol. The van der Waals surface area contributed by atoms with Gasteiger partial charge in [0.2, 0.25) is 0 Å².